The summed E-state index contributed by atoms with van der Waals surface area (Å²) in [7, 11) is 0. The molecule has 0 aliphatic heterocycles. The topological polar surface area (TPSA) is 17.1 Å². The van der Waals surface area contributed by atoms with E-state index < -0.39 is 5.67 Å². The Morgan fingerprint density at radius 1 is 1.29 bits per heavy atom. The zero-order chi connectivity index (χ0) is 12.3. The highest BCUT2D eigenvalue weighted by molar-refractivity contribution is 5.94. The molecule has 1 saturated carbocycles. The maximum absolute atomic E-state index is 14.5. The predicted octanol–water partition coefficient (Wildman–Crippen LogP) is 4.10. The Hall–Kier alpha value is -1.18. The van der Waals surface area contributed by atoms with E-state index in [9.17, 15) is 9.18 Å². The number of hydrogen-bond acceptors (Lipinski definition) is 1. The fraction of sp³-hybridized carbons (Fsp3) is 0.533. The standard InChI is InChI=1S/C15H19FO/c1-12(17)14-7-5-6-13(10-14)11-15(16)8-3-2-4-9-15/h5-7,10H,2-4,8-9,11H2,1H3. The van der Waals surface area contributed by atoms with E-state index in [2.05, 4.69) is 0 Å². The minimum Gasteiger partial charge on any atom is -0.295 e. The lowest BCUT2D eigenvalue weighted by Crippen LogP contribution is -2.28. The van der Waals surface area contributed by atoms with E-state index in [-0.39, 0.29) is 5.78 Å². The zero-order valence-electron chi connectivity index (χ0n) is 10.3. The van der Waals surface area contributed by atoms with Crippen LogP contribution in [0.4, 0.5) is 4.39 Å². The quantitative estimate of drug-likeness (QED) is 0.719. The molecule has 0 heterocycles. The Balaban J connectivity index is 2.12. The first-order chi connectivity index (χ1) is 8.09. The molecule has 1 aromatic rings. The number of ketones is 1. The number of carbonyl (C=O) groups is 1. The van der Waals surface area contributed by atoms with Gasteiger partial charge in [-0.2, -0.15) is 0 Å². The molecule has 0 saturated heterocycles. The van der Waals surface area contributed by atoms with Crippen LogP contribution in [-0.2, 0) is 6.42 Å². The molecule has 0 atom stereocenters. The molecule has 0 unspecified atom stereocenters. The summed E-state index contributed by atoms with van der Waals surface area (Å²) in [5.41, 5.74) is 0.581. The molecular formula is C15H19FO. The molecule has 1 fully saturated rings. The highest BCUT2D eigenvalue weighted by atomic mass is 19.1. The molecule has 2 heteroatoms. The van der Waals surface area contributed by atoms with E-state index >= 15 is 0 Å². The van der Waals surface area contributed by atoms with Crippen LogP contribution in [0.1, 0.15) is 54.9 Å². The Kier molecular flexibility index (Phi) is 3.60. The van der Waals surface area contributed by atoms with Gasteiger partial charge in [0.05, 0.1) is 0 Å². The van der Waals surface area contributed by atoms with Gasteiger partial charge in [0.1, 0.15) is 5.67 Å². The van der Waals surface area contributed by atoms with E-state index in [0.717, 1.165) is 24.8 Å². The van der Waals surface area contributed by atoms with E-state index in [1.54, 1.807) is 13.0 Å². The average Bonchev–Trinajstić information content (AvgIpc) is 2.29. The molecule has 17 heavy (non-hydrogen) atoms. The number of carbonyl (C=O) groups excluding carboxylic acids is 1. The number of alkyl halides is 1. The van der Waals surface area contributed by atoms with Crippen LogP contribution in [0.5, 0.6) is 0 Å². The van der Waals surface area contributed by atoms with Crippen molar-refractivity contribution in [1.29, 1.82) is 0 Å². The second kappa shape index (κ2) is 4.99. The van der Waals surface area contributed by atoms with Crippen molar-refractivity contribution in [2.24, 2.45) is 0 Å². The van der Waals surface area contributed by atoms with E-state index in [4.69, 9.17) is 0 Å². The largest absolute Gasteiger partial charge is 0.295 e. The molecule has 2 rings (SSSR count). The summed E-state index contributed by atoms with van der Waals surface area (Å²) < 4.78 is 14.5. The van der Waals surface area contributed by atoms with Gasteiger partial charge in [-0.05, 0) is 31.4 Å². The summed E-state index contributed by atoms with van der Waals surface area (Å²) in [4.78, 5) is 11.3. The van der Waals surface area contributed by atoms with Gasteiger partial charge in [0.25, 0.3) is 0 Å². The first-order valence-corrected chi connectivity index (χ1v) is 6.38. The number of hydrogen-bond donors (Lipinski definition) is 0. The lowest BCUT2D eigenvalue weighted by Gasteiger charge is -2.29. The van der Waals surface area contributed by atoms with Crippen molar-refractivity contribution >= 4 is 5.78 Å². The lowest BCUT2D eigenvalue weighted by molar-refractivity contribution is 0.101. The number of Topliss-reactive ketones (excluding diaryl/α,β-unsaturated/α-hetero) is 1. The van der Waals surface area contributed by atoms with Gasteiger partial charge < -0.3 is 0 Å². The van der Waals surface area contributed by atoms with E-state index in [0.29, 0.717) is 24.8 Å². The van der Waals surface area contributed by atoms with Crippen LogP contribution in [0, 0.1) is 0 Å². The van der Waals surface area contributed by atoms with Gasteiger partial charge in [0.2, 0.25) is 0 Å². The van der Waals surface area contributed by atoms with Crippen molar-refractivity contribution < 1.29 is 9.18 Å². The van der Waals surface area contributed by atoms with Gasteiger partial charge in [-0.1, -0.05) is 37.5 Å². The molecular weight excluding hydrogens is 215 g/mol. The zero-order valence-corrected chi connectivity index (χ0v) is 10.3. The third kappa shape index (κ3) is 3.15. The summed E-state index contributed by atoms with van der Waals surface area (Å²) in [5.74, 6) is 0.0448. The summed E-state index contributed by atoms with van der Waals surface area (Å²) in [6, 6.07) is 7.39. The van der Waals surface area contributed by atoms with Gasteiger partial charge in [-0.25, -0.2) is 4.39 Å². The van der Waals surface area contributed by atoms with Crippen LogP contribution in [0.3, 0.4) is 0 Å². The highest BCUT2D eigenvalue weighted by Gasteiger charge is 2.31. The van der Waals surface area contributed by atoms with Crippen molar-refractivity contribution in [3.05, 3.63) is 35.4 Å². The van der Waals surface area contributed by atoms with E-state index in [1.807, 2.05) is 18.2 Å². The molecule has 1 aliphatic carbocycles. The summed E-state index contributed by atoms with van der Waals surface area (Å²) >= 11 is 0. The van der Waals surface area contributed by atoms with Crippen LogP contribution in [-0.4, -0.2) is 11.5 Å². The van der Waals surface area contributed by atoms with Crippen LogP contribution in [0.15, 0.2) is 24.3 Å². The van der Waals surface area contributed by atoms with Crippen molar-refractivity contribution in [3.8, 4) is 0 Å². The predicted molar refractivity (Wildman–Crippen MR) is 67.1 cm³/mol. The Bertz CT molecular complexity index is 405. The summed E-state index contributed by atoms with van der Waals surface area (Å²) in [6.07, 6.45) is 4.91. The van der Waals surface area contributed by atoms with Crippen LogP contribution < -0.4 is 0 Å². The fourth-order valence-electron chi connectivity index (χ4n) is 2.63. The minimum absolute atomic E-state index is 0.0448. The first kappa shape index (κ1) is 12.3. The average molecular weight is 234 g/mol. The molecule has 0 radical (unpaired) electrons. The number of halogens is 1. The maximum atomic E-state index is 14.5. The molecule has 1 aliphatic rings. The van der Waals surface area contributed by atoms with Crippen LogP contribution in [0.2, 0.25) is 0 Å². The number of rotatable bonds is 3. The maximum Gasteiger partial charge on any atom is 0.159 e. The molecule has 0 amide bonds. The van der Waals surface area contributed by atoms with Gasteiger partial charge in [-0.3, -0.25) is 4.79 Å². The normalized spacial score (nSPS) is 18.9. The smallest absolute Gasteiger partial charge is 0.159 e. The fourth-order valence-corrected chi connectivity index (χ4v) is 2.63. The molecule has 1 aromatic carbocycles. The highest BCUT2D eigenvalue weighted by Crippen LogP contribution is 2.34. The Labute approximate surface area is 102 Å². The van der Waals surface area contributed by atoms with Crippen molar-refractivity contribution in [3.63, 3.8) is 0 Å². The van der Waals surface area contributed by atoms with E-state index in [1.165, 1.54) is 0 Å². The van der Waals surface area contributed by atoms with Gasteiger partial charge in [0, 0.05) is 12.0 Å². The third-order valence-electron chi connectivity index (χ3n) is 3.60. The molecule has 0 aromatic heterocycles. The molecule has 0 spiro atoms. The lowest BCUT2D eigenvalue weighted by atomic mass is 9.82. The van der Waals surface area contributed by atoms with Crippen molar-refractivity contribution in [2.75, 3.05) is 0 Å². The summed E-state index contributed by atoms with van der Waals surface area (Å²) in [5, 5.41) is 0. The van der Waals surface area contributed by atoms with Crippen LogP contribution >= 0.6 is 0 Å². The van der Waals surface area contributed by atoms with Gasteiger partial charge >= 0.3 is 0 Å². The second-order valence-electron chi connectivity index (χ2n) is 5.14. The molecule has 0 bridgehead atoms. The van der Waals surface area contributed by atoms with Gasteiger partial charge in [-0.15, -0.1) is 0 Å². The molecule has 92 valence electrons. The Morgan fingerprint density at radius 3 is 2.65 bits per heavy atom. The van der Waals surface area contributed by atoms with Crippen molar-refractivity contribution in [2.45, 2.75) is 51.1 Å². The summed E-state index contributed by atoms with van der Waals surface area (Å²) in [6.45, 7) is 1.55. The van der Waals surface area contributed by atoms with Gasteiger partial charge in [0.15, 0.2) is 5.78 Å². The molecule has 1 nitrogen and oxygen atoms in total. The number of benzene rings is 1. The minimum atomic E-state index is -1.05. The third-order valence-corrected chi connectivity index (χ3v) is 3.60. The first-order valence-electron chi connectivity index (χ1n) is 6.38. The van der Waals surface area contributed by atoms with Crippen molar-refractivity contribution in [1.82, 2.24) is 0 Å². The molecule has 0 N–H and O–H groups in total. The monoisotopic (exact) mass is 234 g/mol. The SMILES string of the molecule is CC(=O)c1cccc(CC2(F)CCCCC2)c1. The second-order valence-corrected chi connectivity index (χ2v) is 5.14. The Morgan fingerprint density at radius 2 is 2.00 bits per heavy atom. The van der Waals surface area contributed by atoms with Crippen LogP contribution in [0.25, 0.3) is 0 Å².